The van der Waals surface area contributed by atoms with Gasteiger partial charge in [-0.1, -0.05) is 188 Å². The van der Waals surface area contributed by atoms with Gasteiger partial charge in [-0.15, -0.1) is 0 Å². The highest BCUT2D eigenvalue weighted by molar-refractivity contribution is 6.26. The Labute approximate surface area is 343 Å². The van der Waals surface area contributed by atoms with Gasteiger partial charge in [-0.25, -0.2) is 0 Å². The van der Waals surface area contributed by atoms with Crippen molar-refractivity contribution < 1.29 is 0 Å². The third-order valence-corrected chi connectivity index (χ3v) is 12.4. The maximum Gasteiger partial charge on any atom is 0.0540 e. The molecule has 0 bridgehead atoms. The summed E-state index contributed by atoms with van der Waals surface area (Å²) in [6.45, 7) is 0. The van der Waals surface area contributed by atoms with Gasteiger partial charge in [0, 0.05) is 16.8 Å². The van der Waals surface area contributed by atoms with Gasteiger partial charge < -0.3 is 4.90 Å². The van der Waals surface area contributed by atoms with Crippen LogP contribution >= 0.6 is 0 Å². The second-order valence-electron chi connectivity index (χ2n) is 15.6. The van der Waals surface area contributed by atoms with Crippen LogP contribution in [-0.2, 0) is 0 Å². The number of para-hydroxylation sites is 1. The van der Waals surface area contributed by atoms with Gasteiger partial charge in [0.15, 0.2) is 0 Å². The number of nitrogens with zero attached hydrogens (tertiary/aromatic N) is 1. The maximum absolute atomic E-state index is 2.45. The van der Waals surface area contributed by atoms with E-state index in [1.54, 1.807) is 0 Å². The van der Waals surface area contributed by atoms with Crippen molar-refractivity contribution in [2.75, 3.05) is 4.90 Å². The van der Waals surface area contributed by atoms with Gasteiger partial charge in [-0.05, 0) is 124 Å². The van der Waals surface area contributed by atoms with Gasteiger partial charge in [0.1, 0.15) is 0 Å². The fraction of sp³-hybridized carbons (Fsp3) is 0. The summed E-state index contributed by atoms with van der Waals surface area (Å²) in [7, 11) is 0. The van der Waals surface area contributed by atoms with Crippen molar-refractivity contribution in [2.45, 2.75) is 0 Å². The van der Waals surface area contributed by atoms with E-state index in [0.717, 1.165) is 11.4 Å². The molecule has 0 saturated carbocycles. The van der Waals surface area contributed by atoms with E-state index in [1.807, 2.05) is 0 Å². The van der Waals surface area contributed by atoms with E-state index < -0.39 is 0 Å². The van der Waals surface area contributed by atoms with Crippen LogP contribution in [0.2, 0.25) is 0 Å². The fourth-order valence-corrected chi connectivity index (χ4v) is 9.70. The first-order chi connectivity index (χ1) is 29.3. The van der Waals surface area contributed by atoms with Gasteiger partial charge in [0.2, 0.25) is 0 Å². The molecule has 0 aliphatic carbocycles. The van der Waals surface area contributed by atoms with Crippen LogP contribution in [0.15, 0.2) is 224 Å². The first kappa shape index (κ1) is 33.4. The average molecular weight is 748 g/mol. The van der Waals surface area contributed by atoms with Gasteiger partial charge in [0.25, 0.3) is 0 Å². The second kappa shape index (κ2) is 13.4. The molecule has 0 saturated heterocycles. The van der Waals surface area contributed by atoms with Crippen LogP contribution in [0.1, 0.15) is 0 Å². The van der Waals surface area contributed by atoms with E-state index in [9.17, 15) is 0 Å². The standard InChI is InChI=1S/C58H37N/c1-2-15-38(16-3-1)39-17-14-18-42(35-39)59-57-28-13-12-27-54(57)50-24-9-11-26-52(50)56-37-41(30-34-58(56)59)44-33-32-43(45-19-4-5-20-46(44)45)40-29-31-53-49-23-7-6-21-47(49)48-22-8-10-25-51(48)55(53)36-40/h1-37H. The molecule has 0 N–H and O–H groups in total. The van der Waals surface area contributed by atoms with Crippen LogP contribution in [0.25, 0.3) is 98.7 Å². The summed E-state index contributed by atoms with van der Waals surface area (Å²) >= 11 is 0. The van der Waals surface area contributed by atoms with Crippen molar-refractivity contribution in [3.8, 4) is 55.6 Å². The molecular formula is C58H37N. The molecule has 0 aromatic heterocycles. The Morgan fingerprint density at radius 3 is 1.36 bits per heavy atom. The highest BCUT2D eigenvalue weighted by Crippen LogP contribution is 2.52. The van der Waals surface area contributed by atoms with E-state index in [-0.39, 0.29) is 0 Å². The highest BCUT2D eigenvalue weighted by Gasteiger charge is 2.27. The highest BCUT2D eigenvalue weighted by atomic mass is 15.1. The minimum atomic E-state index is 1.13. The normalized spacial score (nSPS) is 12.0. The molecule has 1 aliphatic rings. The fourth-order valence-electron chi connectivity index (χ4n) is 9.70. The Morgan fingerprint density at radius 2 is 0.678 bits per heavy atom. The minimum absolute atomic E-state index is 1.13. The summed E-state index contributed by atoms with van der Waals surface area (Å²) in [5.74, 6) is 0. The molecule has 1 heterocycles. The van der Waals surface area contributed by atoms with Crippen LogP contribution in [-0.4, -0.2) is 0 Å². The van der Waals surface area contributed by atoms with Crippen molar-refractivity contribution in [3.63, 3.8) is 0 Å². The summed E-state index contributed by atoms with van der Waals surface area (Å²) < 4.78 is 0. The van der Waals surface area contributed by atoms with Crippen LogP contribution in [0.5, 0.6) is 0 Å². The molecule has 1 heteroatoms. The minimum Gasteiger partial charge on any atom is -0.309 e. The van der Waals surface area contributed by atoms with Crippen LogP contribution in [0.3, 0.4) is 0 Å². The van der Waals surface area contributed by atoms with Crippen LogP contribution < -0.4 is 4.90 Å². The zero-order valence-electron chi connectivity index (χ0n) is 32.3. The van der Waals surface area contributed by atoms with E-state index in [1.165, 1.54) is 104 Å². The van der Waals surface area contributed by atoms with Gasteiger partial charge in [-0.3, -0.25) is 0 Å². The number of hydrogen-bond acceptors (Lipinski definition) is 1. The first-order valence-electron chi connectivity index (χ1n) is 20.4. The second-order valence-corrected chi connectivity index (χ2v) is 15.6. The Kier molecular flexibility index (Phi) is 7.61. The number of fused-ring (bicyclic) bond motifs is 12. The average Bonchev–Trinajstić information content (AvgIpc) is 3.44. The predicted molar refractivity (Wildman–Crippen MR) is 252 cm³/mol. The molecular weight excluding hydrogens is 711 g/mol. The summed E-state index contributed by atoms with van der Waals surface area (Å²) in [6, 6.07) is 82.7. The Hall–Kier alpha value is -7.74. The quantitative estimate of drug-likeness (QED) is 0.162. The lowest BCUT2D eigenvalue weighted by atomic mass is 9.88. The summed E-state index contributed by atoms with van der Waals surface area (Å²) in [5.41, 5.74) is 15.6. The Balaban J connectivity index is 1.04. The summed E-state index contributed by atoms with van der Waals surface area (Å²) in [5, 5.41) is 10.2. The lowest BCUT2D eigenvalue weighted by Gasteiger charge is -2.28. The maximum atomic E-state index is 2.45. The molecule has 1 nitrogen and oxygen atoms in total. The third kappa shape index (κ3) is 5.33. The lowest BCUT2D eigenvalue weighted by molar-refractivity contribution is 1.29. The largest absolute Gasteiger partial charge is 0.309 e. The molecule has 0 radical (unpaired) electrons. The molecule has 0 amide bonds. The van der Waals surface area contributed by atoms with Gasteiger partial charge in [-0.2, -0.15) is 0 Å². The van der Waals surface area contributed by atoms with E-state index >= 15 is 0 Å². The lowest BCUT2D eigenvalue weighted by Crippen LogP contribution is -2.11. The predicted octanol–water partition coefficient (Wildman–Crippen LogP) is 16.4. The van der Waals surface area contributed by atoms with E-state index in [2.05, 4.69) is 229 Å². The Bertz CT molecular complexity index is 3410. The summed E-state index contributed by atoms with van der Waals surface area (Å²) in [6.07, 6.45) is 0. The van der Waals surface area contributed by atoms with E-state index in [4.69, 9.17) is 0 Å². The van der Waals surface area contributed by atoms with Crippen molar-refractivity contribution in [1.82, 2.24) is 0 Å². The van der Waals surface area contributed by atoms with Crippen molar-refractivity contribution >= 4 is 60.2 Å². The molecule has 12 rings (SSSR count). The topological polar surface area (TPSA) is 3.24 Å². The molecule has 274 valence electrons. The molecule has 11 aromatic rings. The monoisotopic (exact) mass is 747 g/mol. The zero-order chi connectivity index (χ0) is 38.9. The number of hydrogen-bond donors (Lipinski definition) is 0. The molecule has 0 fully saturated rings. The first-order valence-corrected chi connectivity index (χ1v) is 20.4. The molecule has 59 heavy (non-hydrogen) atoms. The van der Waals surface area contributed by atoms with Crippen LogP contribution in [0, 0.1) is 0 Å². The van der Waals surface area contributed by atoms with Crippen LogP contribution in [0.4, 0.5) is 17.1 Å². The summed E-state index contributed by atoms with van der Waals surface area (Å²) in [4.78, 5) is 2.45. The van der Waals surface area contributed by atoms with Gasteiger partial charge >= 0.3 is 0 Å². The Morgan fingerprint density at radius 1 is 0.203 bits per heavy atom. The van der Waals surface area contributed by atoms with Crippen molar-refractivity contribution in [3.05, 3.63) is 224 Å². The molecule has 11 aromatic carbocycles. The smallest absolute Gasteiger partial charge is 0.0540 e. The molecule has 0 atom stereocenters. The molecule has 0 unspecified atom stereocenters. The van der Waals surface area contributed by atoms with Crippen molar-refractivity contribution in [1.29, 1.82) is 0 Å². The number of rotatable bonds is 4. The zero-order valence-corrected chi connectivity index (χ0v) is 32.3. The van der Waals surface area contributed by atoms with E-state index in [0.29, 0.717) is 0 Å². The third-order valence-electron chi connectivity index (χ3n) is 12.4. The van der Waals surface area contributed by atoms with Crippen molar-refractivity contribution in [2.24, 2.45) is 0 Å². The van der Waals surface area contributed by atoms with Gasteiger partial charge in [0.05, 0.1) is 11.4 Å². The SMILES string of the molecule is c1ccc(-c2cccc(N3c4ccccc4-c4ccccc4-c4cc(-c5ccc(-c6ccc7c8ccccc8c8ccccc8c7c6)c6ccccc56)ccc43)c2)cc1. The molecule has 1 aliphatic heterocycles. The molecule has 0 spiro atoms. The number of benzene rings is 11. The number of anilines is 3.